The lowest BCUT2D eigenvalue weighted by Gasteiger charge is -2.36. The van der Waals surface area contributed by atoms with Crippen molar-refractivity contribution in [1.29, 1.82) is 0 Å². The van der Waals surface area contributed by atoms with Gasteiger partial charge in [0.05, 0.1) is 24.0 Å². The lowest BCUT2D eigenvalue weighted by atomic mass is 10.1. The summed E-state index contributed by atoms with van der Waals surface area (Å²) in [5.74, 6) is -1.85. The van der Waals surface area contributed by atoms with Crippen molar-refractivity contribution in [3.8, 4) is 10.8 Å². The lowest BCUT2D eigenvalue weighted by molar-refractivity contribution is -0.198. The van der Waals surface area contributed by atoms with Gasteiger partial charge in [0, 0.05) is 16.7 Å². The number of nitrogens with zero attached hydrogens (tertiary/aromatic N) is 3. The number of carboxylic acids is 1. The predicted molar refractivity (Wildman–Crippen MR) is 147 cm³/mol. The van der Waals surface area contributed by atoms with Gasteiger partial charge in [-0.15, -0.1) is 11.3 Å². The monoisotopic (exact) mass is 597 g/mol. The Morgan fingerprint density at radius 1 is 1.18 bits per heavy atom. The first-order chi connectivity index (χ1) is 18.1. The highest BCUT2D eigenvalue weighted by atomic mass is 35.5. The Morgan fingerprint density at radius 3 is 2.49 bits per heavy atom. The van der Waals surface area contributed by atoms with Crippen LogP contribution in [-0.2, 0) is 11.0 Å². The van der Waals surface area contributed by atoms with Crippen LogP contribution in [0.2, 0.25) is 23.2 Å². The summed E-state index contributed by atoms with van der Waals surface area (Å²) in [5.41, 5.74) is 1.46. The fraction of sp³-hybridized carbons (Fsp3) is 0.346. The topological polar surface area (TPSA) is 86.5 Å². The number of hydrogen-bond donors (Lipinski definition) is 1. The molecule has 0 fully saturated rings. The Kier molecular flexibility index (Phi) is 7.87. The van der Waals surface area contributed by atoms with Crippen LogP contribution in [0.3, 0.4) is 0 Å². The molecule has 0 aliphatic carbocycles. The summed E-state index contributed by atoms with van der Waals surface area (Å²) in [6, 6.07) is 8.44. The van der Waals surface area contributed by atoms with Crippen LogP contribution in [0.1, 0.15) is 47.8 Å². The number of benzene rings is 1. The number of aromatic nitrogens is 3. The van der Waals surface area contributed by atoms with Crippen molar-refractivity contribution in [1.82, 2.24) is 14.5 Å². The molecule has 1 atom stereocenters. The zero-order valence-corrected chi connectivity index (χ0v) is 24.4. The number of imidazole rings is 1. The Morgan fingerprint density at radius 2 is 1.87 bits per heavy atom. The summed E-state index contributed by atoms with van der Waals surface area (Å²) < 4.78 is 55.2. The Bertz CT molecular complexity index is 1510. The van der Waals surface area contributed by atoms with Gasteiger partial charge in [-0.05, 0) is 30.3 Å². The van der Waals surface area contributed by atoms with Gasteiger partial charge in [-0.3, -0.25) is 9.55 Å². The Balaban J connectivity index is 1.71. The molecular formula is C26H27ClF3N3O4SSi. The smallest absolute Gasteiger partial charge is 0.429 e. The van der Waals surface area contributed by atoms with E-state index < -0.39 is 32.3 Å². The first-order valence-electron chi connectivity index (χ1n) is 11.9. The van der Waals surface area contributed by atoms with Crippen LogP contribution >= 0.6 is 22.9 Å². The van der Waals surface area contributed by atoms with Gasteiger partial charge < -0.3 is 14.3 Å². The number of halogens is 4. The van der Waals surface area contributed by atoms with E-state index >= 15 is 0 Å². The van der Waals surface area contributed by atoms with Crippen LogP contribution in [0.5, 0.6) is 5.75 Å². The molecule has 0 radical (unpaired) electrons. The van der Waals surface area contributed by atoms with Crippen LogP contribution in [0, 0.1) is 0 Å². The number of fused-ring (bicyclic) bond motifs is 1. The number of thiophene rings is 1. The van der Waals surface area contributed by atoms with Gasteiger partial charge in [-0.1, -0.05) is 50.6 Å². The van der Waals surface area contributed by atoms with Crippen LogP contribution in [0.15, 0.2) is 48.9 Å². The third kappa shape index (κ3) is 6.13. The van der Waals surface area contributed by atoms with Crippen molar-refractivity contribution in [2.45, 2.75) is 57.8 Å². The van der Waals surface area contributed by atoms with Gasteiger partial charge in [0.15, 0.2) is 13.2 Å². The molecule has 208 valence electrons. The molecule has 4 aromatic rings. The Hall–Kier alpha value is -2.93. The highest BCUT2D eigenvalue weighted by Gasteiger charge is 2.45. The molecule has 0 aliphatic heterocycles. The standard InChI is InChI=1S/C26H27ClF3N3O4SSi/c1-25(2,3)39(4,5)36-13-15-10-19-18(12-31-15)32-14-33(19)21-11-20(22(38-21)24(34)35)37-23(26(28,29)30)16-8-6-7-9-17(16)27/h6-12,14,23H,13H2,1-5H3,(H,34,35). The lowest BCUT2D eigenvalue weighted by Crippen LogP contribution is -2.40. The number of carbonyl (C=O) groups is 1. The summed E-state index contributed by atoms with van der Waals surface area (Å²) in [7, 11) is -2.04. The number of ether oxygens (including phenoxy) is 1. The van der Waals surface area contributed by atoms with E-state index in [9.17, 15) is 23.1 Å². The number of rotatable bonds is 8. The molecule has 39 heavy (non-hydrogen) atoms. The maximum Gasteiger partial charge on any atom is 0.429 e. The third-order valence-corrected chi connectivity index (χ3v) is 12.7. The van der Waals surface area contributed by atoms with Crippen molar-refractivity contribution in [3.05, 3.63) is 70.1 Å². The Labute approximate surface area is 233 Å². The van der Waals surface area contributed by atoms with E-state index in [0.29, 0.717) is 21.7 Å². The summed E-state index contributed by atoms with van der Waals surface area (Å²) in [5, 5.41) is 9.94. The molecule has 0 amide bonds. The maximum absolute atomic E-state index is 14.0. The molecule has 0 bridgehead atoms. The third-order valence-electron chi connectivity index (χ3n) is 6.72. The van der Waals surface area contributed by atoms with Crippen LogP contribution in [0.25, 0.3) is 16.0 Å². The molecule has 1 aromatic carbocycles. The second kappa shape index (κ2) is 10.6. The van der Waals surface area contributed by atoms with Crippen molar-refractivity contribution in [2.24, 2.45) is 0 Å². The number of carboxylic acid groups (broad SMARTS) is 1. The average molecular weight is 598 g/mol. The second-order valence-electron chi connectivity index (χ2n) is 10.5. The van der Waals surface area contributed by atoms with Gasteiger partial charge in [0.2, 0.25) is 6.10 Å². The van der Waals surface area contributed by atoms with E-state index in [1.807, 2.05) is 0 Å². The second-order valence-corrected chi connectivity index (χ2v) is 16.7. The number of aromatic carboxylic acids is 1. The molecular weight excluding hydrogens is 571 g/mol. The van der Waals surface area contributed by atoms with Gasteiger partial charge in [0.1, 0.15) is 22.6 Å². The molecule has 3 aromatic heterocycles. The molecule has 4 rings (SSSR count). The van der Waals surface area contributed by atoms with Crippen molar-refractivity contribution < 1.29 is 32.2 Å². The van der Waals surface area contributed by atoms with Crippen LogP contribution < -0.4 is 4.74 Å². The summed E-state index contributed by atoms with van der Waals surface area (Å²) in [6.45, 7) is 11.0. The number of hydrogen-bond acceptors (Lipinski definition) is 6. The van der Waals surface area contributed by atoms with E-state index in [1.54, 1.807) is 16.8 Å². The van der Waals surface area contributed by atoms with E-state index in [4.69, 9.17) is 20.8 Å². The van der Waals surface area contributed by atoms with Crippen LogP contribution in [0.4, 0.5) is 13.2 Å². The van der Waals surface area contributed by atoms with E-state index in [1.165, 1.54) is 36.7 Å². The van der Waals surface area contributed by atoms with Gasteiger partial charge in [-0.25, -0.2) is 9.78 Å². The summed E-state index contributed by atoms with van der Waals surface area (Å²) in [6.07, 6.45) is -4.28. The molecule has 1 N–H and O–H groups in total. The molecule has 13 heteroatoms. The fourth-order valence-corrected chi connectivity index (χ4v) is 5.61. The first kappa shape index (κ1) is 29.1. The molecule has 3 heterocycles. The summed E-state index contributed by atoms with van der Waals surface area (Å²) in [4.78, 5) is 20.4. The zero-order valence-electron chi connectivity index (χ0n) is 21.8. The molecule has 0 aliphatic rings. The predicted octanol–water partition coefficient (Wildman–Crippen LogP) is 8.04. The molecule has 7 nitrogen and oxygen atoms in total. The normalized spacial score (nSPS) is 13.6. The highest BCUT2D eigenvalue weighted by molar-refractivity contribution is 7.16. The van der Waals surface area contributed by atoms with E-state index in [0.717, 1.165) is 11.3 Å². The molecule has 0 saturated carbocycles. The minimum absolute atomic E-state index is 0.0116. The minimum Gasteiger partial charge on any atom is -0.477 e. The number of pyridine rings is 1. The van der Waals surface area contributed by atoms with Gasteiger partial charge in [-0.2, -0.15) is 13.2 Å². The van der Waals surface area contributed by atoms with Crippen LogP contribution in [-0.4, -0.2) is 40.1 Å². The molecule has 1 unspecified atom stereocenters. The van der Waals surface area contributed by atoms with E-state index in [2.05, 4.69) is 43.8 Å². The maximum atomic E-state index is 14.0. The average Bonchev–Trinajstić information content (AvgIpc) is 3.44. The molecule has 0 spiro atoms. The summed E-state index contributed by atoms with van der Waals surface area (Å²) >= 11 is 6.79. The van der Waals surface area contributed by atoms with Gasteiger partial charge >= 0.3 is 12.1 Å². The zero-order chi connectivity index (χ0) is 28.8. The molecule has 0 saturated heterocycles. The number of alkyl halides is 3. The largest absolute Gasteiger partial charge is 0.477 e. The quantitative estimate of drug-likeness (QED) is 0.207. The minimum atomic E-state index is -4.85. The van der Waals surface area contributed by atoms with Crippen molar-refractivity contribution in [2.75, 3.05) is 0 Å². The van der Waals surface area contributed by atoms with E-state index in [-0.39, 0.29) is 27.1 Å². The highest BCUT2D eigenvalue weighted by Crippen LogP contribution is 2.43. The van der Waals surface area contributed by atoms with Gasteiger partial charge in [0.25, 0.3) is 0 Å². The first-order valence-corrected chi connectivity index (χ1v) is 16.0. The fourth-order valence-electron chi connectivity index (χ4n) is 3.52. The van der Waals surface area contributed by atoms with Crippen molar-refractivity contribution >= 4 is 48.3 Å². The van der Waals surface area contributed by atoms with Crippen molar-refractivity contribution in [3.63, 3.8) is 0 Å². The SMILES string of the molecule is CC(C)(C)[Si](C)(C)OCc1cc2c(cn1)ncn2-c1cc(OC(c2ccccc2Cl)C(F)(F)F)c(C(=O)O)s1.